The average Bonchev–Trinajstić information content (AvgIpc) is 3.15. The minimum atomic E-state index is -6.09. The van der Waals surface area contributed by atoms with Crippen LogP contribution in [-0.2, 0) is 23.6 Å². The summed E-state index contributed by atoms with van der Waals surface area (Å²) in [4.78, 5) is 16.6. The SMILES string of the molecule is C[n+]1ccc(-c2cc3c([nH]2)CCNC3=O)cc1Sc1ccccc1.O=S(=O)([O-])C(F)(F)F. The van der Waals surface area contributed by atoms with Gasteiger partial charge in [-0.2, -0.15) is 17.7 Å². The fraction of sp³-hybridized carbons (Fsp3) is 0.200. The third-order valence-electron chi connectivity index (χ3n) is 4.47. The zero-order chi connectivity index (χ0) is 23.5. The zero-order valence-corrected chi connectivity index (χ0v) is 18.3. The monoisotopic (exact) mass is 485 g/mol. The van der Waals surface area contributed by atoms with E-state index in [2.05, 4.69) is 45.3 Å². The first-order chi connectivity index (χ1) is 15.0. The Morgan fingerprint density at radius 2 is 1.78 bits per heavy atom. The number of benzene rings is 1. The Hall–Kier alpha value is -2.83. The molecule has 0 radical (unpaired) electrons. The van der Waals surface area contributed by atoms with Crippen LogP contribution in [0.2, 0.25) is 0 Å². The first-order valence-electron chi connectivity index (χ1n) is 9.21. The lowest BCUT2D eigenvalue weighted by atomic mass is 10.1. The van der Waals surface area contributed by atoms with E-state index >= 15 is 0 Å². The standard InChI is InChI=1S/C19H17N3OS.CHF3O3S/c1-22-10-8-13(11-18(22)24-14-5-3-2-4-6-14)17-12-15-16(21-17)7-9-20-19(15)23;2-1(3,4)8(5,6)7/h2-6,8,10-12H,7,9H2,1H3,(H,20,23);(H,5,6,7). The molecule has 3 aromatic rings. The second-order valence-corrected chi connectivity index (χ2v) is 9.23. The Balaban J connectivity index is 0.000000312. The number of pyridine rings is 1. The molecule has 1 aliphatic heterocycles. The highest BCUT2D eigenvalue weighted by Crippen LogP contribution is 2.29. The van der Waals surface area contributed by atoms with Crippen LogP contribution in [0.5, 0.6) is 0 Å². The molecule has 4 rings (SSSR count). The summed E-state index contributed by atoms with van der Waals surface area (Å²) >= 11 is 1.73. The Morgan fingerprint density at radius 1 is 1.12 bits per heavy atom. The molecule has 7 nitrogen and oxygen atoms in total. The molecular weight excluding hydrogens is 467 g/mol. The molecule has 170 valence electrons. The molecule has 12 heteroatoms. The summed E-state index contributed by atoms with van der Waals surface area (Å²) in [7, 11) is -4.05. The van der Waals surface area contributed by atoms with Crippen molar-refractivity contribution in [1.82, 2.24) is 10.3 Å². The largest absolute Gasteiger partial charge is 0.741 e. The van der Waals surface area contributed by atoms with E-state index in [1.807, 2.05) is 31.3 Å². The van der Waals surface area contributed by atoms with Crippen LogP contribution in [0.25, 0.3) is 11.3 Å². The number of nitrogens with one attached hydrogen (secondary N) is 2. The van der Waals surface area contributed by atoms with Crippen molar-refractivity contribution in [2.24, 2.45) is 7.05 Å². The maximum atomic E-state index is 12.0. The van der Waals surface area contributed by atoms with Crippen molar-refractivity contribution in [2.45, 2.75) is 21.9 Å². The van der Waals surface area contributed by atoms with Crippen LogP contribution in [0.15, 0.2) is 64.6 Å². The molecule has 0 aliphatic carbocycles. The normalized spacial score (nSPS) is 13.6. The Labute approximate surface area is 186 Å². The van der Waals surface area contributed by atoms with Gasteiger partial charge in [0.25, 0.3) is 5.91 Å². The molecule has 3 heterocycles. The first kappa shape index (κ1) is 23.8. The predicted octanol–water partition coefficient (Wildman–Crippen LogP) is 2.99. The summed E-state index contributed by atoms with van der Waals surface area (Å²) in [5.41, 5.74) is -1.77. The van der Waals surface area contributed by atoms with E-state index in [0.717, 1.165) is 34.0 Å². The van der Waals surface area contributed by atoms with Gasteiger partial charge in [0.05, 0.1) is 5.56 Å². The number of carbonyl (C=O) groups is 1. The first-order valence-corrected chi connectivity index (χ1v) is 11.4. The molecule has 0 unspecified atom stereocenters. The molecule has 0 bridgehead atoms. The molecular formula is C20H18F3N3O4S2. The molecule has 0 saturated carbocycles. The third kappa shape index (κ3) is 5.69. The van der Waals surface area contributed by atoms with Crippen molar-refractivity contribution < 1.29 is 35.5 Å². The lowest BCUT2D eigenvalue weighted by Crippen LogP contribution is -2.31. The molecule has 0 saturated heterocycles. The summed E-state index contributed by atoms with van der Waals surface area (Å²) < 4.78 is 61.0. The fourth-order valence-corrected chi connectivity index (χ4v) is 3.80. The molecule has 1 aromatic carbocycles. The van der Waals surface area contributed by atoms with E-state index in [4.69, 9.17) is 13.0 Å². The van der Waals surface area contributed by atoms with E-state index < -0.39 is 15.6 Å². The van der Waals surface area contributed by atoms with Gasteiger partial charge < -0.3 is 14.9 Å². The predicted molar refractivity (Wildman–Crippen MR) is 110 cm³/mol. The molecule has 1 aliphatic rings. The summed E-state index contributed by atoms with van der Waals surface area (Å²) in [6, 6.07) is 16.5. The van der Waals surface area contributed by atoms with E-state index in [-0.39, 0.29) is 5.91 Å². The number of aromatic amines is 1. The number of aromatic nitrogens is 2. The summed E-state index contributed by atoms with van der Waals surface area (Å²) in [5, 5.41) is 4.04. The lowest BCUT2D eigenvalue weighted by Gasteiger charge is -2.10. The summed E-state index contributed by atoms with van der Waals surface area (Å²) in [6.45, 7) is 0.699. The van der Waals surface area contributed by atoms with Gasteiger partial charge in [0.1, 0.15) is 7.05 Å². The van der Waals surface area contributed by atoms with Crippen molar-refractivity contribution >= 4 is 27.8 Å². The van der Waals surface area contributed by atoms with Gasteiger partial charge in [-0.05, 0) is 30.0 Å². The molecule has 2 N–H and O–H groups in total. The van der Waals surface area contributed by atoms with Crippen LogP contribution in [-0.4, -0.2) is 35.9 Å². The van der Waals surface area contributed by atoms with Gasteiger partial charge in [0.2, 0.25) is 5.03 Å². The number of alkyl halides is 3. The van der Waals surface area contributed by atoms with Gasteiger partial charge in [0.15, 0.2) is 16.3 Å². The minimum Gasteiger partial charge on any atom is -0.741 e. The quantitative estimate of drug-likeness (QED) is 0.337. The van der Waals surface area contributed by atoms with Crippen LogP contribution < -0.4 is 9.88 Å². The fourth-order valence-electron chi connectivity index (χ4n) is 2.88. The highest BCUT2D eigenvalue weighted by atomic mass is 32.2. The second-order valence-electron chi connectivity index (χ2n) is 6.76. The van der Waals surface area contributed by atoms with Gasteiger partial charge in [-0.25, -0.2) is 8.42 Å². The van der Waals surface area contributed by atoms with Gasteiger partial charge in [-0.1, -0.05) is 18.2 Å². The number of H-pyrrole nitrogens is 1. The van der Waals surface area contributed by atoms with E-state index in [1.54, 1.807) is 11.8 Å². The number of aryl methyl sites for hydroxylation is 1. The van der Waals surface area contributed by atoms with Gasteiger partial charge in [-0.15, -0.1) is 0 Å². The molecule has 0 fully saturated rings. The number of rotatable bonds is 3. The van der Waals surface area contributed by atoms with E-state index in [1.165, 1.54) is 4.90 Å². The lowest BCUT2D eigenvalue weighted by molar-refractivity contribution is -0.708. The molecule has 0 spiro atoms. The van der Waals surface area contributed by atoms with E-state index in [9.17, 15) is 18.0 Å². The van der Waals surface area contributed by atoms with Crippen molar-refractivity contribution in [2.75, 3.05) is 6.54 Å². The third-order valence-corrected chi connectivity index (χ3v) is 6.16. The summed E-state index contributed by atoms with van der Waals surface area (Å²) in [5.74, 6) is 0.0131. The van der Waals surface area contributed by atoms with Crippen molar-refractivity contribution in [3.63, 3.8) is 0 Å². The highest BCUT2D eigenvalue weighted by Gasteiger charge is 2.36. The number of hydrogen-bond acceptors (Lipinski definition) is 5. The molecule has 1 amide bonds. The number of halogens is 3. The summed E-state index contributed by atoms with van der Waals surface area (Å²) in [6.07, 6.45) is 2.91. The van der Waals surface area contributed by atoms with Crippen LogP contribution in [0.4, 0.5) is 13.2 Å². The zero-order valence-electron chi connectivity index (χ0n) is 16.6. The van der Waals surface area contributed by atoms with Gasteiger partial charge in [-0.3, -0.25) is 4.79 Å². The molecule has 0 atom stereocenters. The Bertz CT molecular complexity index is 1230. The maximum Gasteiger partial charge on any atom is 0.485 e. The number of hydrogen-bond donors (Lipinski definition) is 2. The average molecular weight is 486 g/mol. The maximum absolute atomic E-state index is 12.0. The number of amides is 1. The minimum absolute atomic E-state index is 0.0131. The van der Waals surface area contributed by atoms with Crippen LogP contribution in [0, 0.1) is 0 Å². The number of fused-ring (bicyclic) bond motifs is 1. The van der Waals surface area contributed by atoms with Gasteiger partial charge in [0, 0.05) is 46.9 Å². The van der Waals surface area contributed by atoms with Crippen molar-refractivity contribution in [3.05, 3.63) is 66.0 Å². The van der Waals surface area contributed by atoms with Crippen LogP contribution in [0.1, 0.15) is 16.1 Å². The smallest absolute Gasteiger partial charge is 0.485 e. The highest BCUT2D eigenvalue weighted by molar-refractivity contribution is 7.99. The number of carbonyl (C=O) groups excluding carboxylic acids is 1. The van der Waals surface area contributed by atoms with Crippen molar-refractivity contribution in [3.8, 4) is 11.3 Å². The Morgan fingerprint density at radius 3 is 2.38 bits per heavy atom. The van der Waals surface area contributed by atoms with Gasteiger partial charge >= 0.3 is 5.51 Å². The topological polar surface area (TPSA) is 106 Å². The van der Waals surface area contributed by atoms with Crippen LogP contribution in [0.3, 0.4) is 0 Å². The van der Waals surface area contributed by atoms with Crippen molar-refractivity contribution in [1.29, 1.82) is 0 Å². The second kappa shape index (κ2) is 9.35. The van der Waals surface area contributed by atoms with E-state index in [0.29, 0.717) is 6.54 Å². The number of nitrogens with zero attached hydrogens (tertiary/aromatic N) is 1. The molecule has 32 heavy (non-hydrogen) atoms. The Kier molecular flexibility index (Phi) is 6.96. The van der Waals surface area contributed by atoms with Crippen LogP contribution >= 0.6 is 11.8 Å². The molecule has 2 aromatic heterocycles.